The van der Waals surface area contributed by atoms with Crippen molar-refractivity contribution in [1.29, 1.82) is 5.26 Å². The Kier molecular flexibility index (Phi) is 6.16. The van der Waals surface area contributed by atoms with Crippen LogP contribution in [0, 0.1) is 17.2 Å². The van der Waals surface area contributed by atoms with E-state index in [9.17, 15) is 10.1 Å². The van der Waals surface area contributed by atoms with Crippen molar-refractivity contribution in [2.45, 2.75) is 43.8 Å². The predicted molar refractivity (Wildman–Crippen MR) is 119 cm³/mol. The van der Waals surface area contributed by atoms with Crippen LogP contribution in [-0.2, 0) is 11.2 Å². The summed E-state index contributed by atoms with van der Waals surface area (Å²) in [5.74, 6) is 6.44. The van der Waals surface area contributed by atoms with E-state index in [-0.39, 0.29) is 11.9 Å². The van der Waals surface area contributed by atoms with Crippen LogP contribution in [0.25, 0.3) is 5.70 Å². The number of hydrazine groups is 1. The molecular formula is C23H27N7O. The molecule has 1 aromatic carbocycles. The number of rotatable bonds is 7. The minimum absolute atomic E-state index is 0.0699. The second kappa shape index (κ2) is 9.16. The lowest BCUT2D eigenvalue weighted by Gasteiger charge is -2.23. The molecule has 2 fully saturated rings. The number of carbonyl (C=O) groups is 1. The number of pyridine rings is 1. The number of benzene rings is 1. The van der Waals surface area contributed by atoms with E-state index in [1.54, 1.807) is 18.6 Å². The first kappa shape index (κ1) is 20.8. The standard InChI is InChI=1S/C23H27N7O/c24-12-19(29-23(31)22-16-5-6-18(11-16)28-22)10-15-3-7-20(8-4-15)30(26)14-21(25)17-2-1-9-27-13-17/h1-4,7-9,13-14,16,18-19,22,28H,5-6,10-11,25-26H2,(H,29,31)/b21-14-/t16?,18?,19-,22?/m0/s1. The number of carbonyl (C=O) groups excluding carboxylic acids is 1. The molecule has 1 saturated carbocycles. The van der Waals surface area contributed by atoms with Gasteiger partial charge in [-0.05, 0) is 55.0 Å². The van der Waals surface area contributed by atoms with Gasteiger partial charge in [0.15, 0.2) is 0 Å². The van der Waals surface area contributed by atoms with Gasteiger partial charge in [-0.3, -0.25) is 14.8 Å². The molecule has 2 aromatic rings. The summed E-state index contributed by atoms with van der Waals surface area (Å²) in [6.45, 7) is 0. The van der Waals surface area contributed by atoms with Crippen molar-refractivity contribution in [2.24, 2.45) is 17.5 Å². The Labute approximate surface area is 181 Å². The molecule has 6 N–H and O–H groups in total. The SMILES string of the molecule is N#C[C@H](Cc1ccc(N(N)/C=C(\N)c2cccnc2)cc1)NC(=O)C1NC2CCC1C2. The second-order valence-electron chi connectivity index (χ2n) is 8.21. The van der Waals surface area contributed by atoms with E-state index in [2.05, 4.69) is 21.7 Å². The Morgan fingerprint density at radius 2 is 2.16 bits per heavy atom. The molecule has 0 radical (unpaired) electrons. The first-order valence-electron chi connectivity index (χ1n) is 10.5. The normalized spacial score (nSPS) is 23.2. The molecule has 1 aromatic heterocycles. The highest BCUT2D eigenvalue weighted by atomic mass is 16.2. The first-order chi connectivity index (χ1) is 15.0. The van der Waals surface area contributed by atoms with E-state index in [1.807, 2.05) is 36.4 Å². The summed E-state index contributed by atoms with van der Waals surface area (Å²) in [5.41, 5.74) is 9.06. The summed E-state index contributed by atoms with van der Waals surface area (Å²) in [5, 5.41) is 17.2. The first-order valence-corrected chi connectivity index (χ1v) is 10.5. The van der Waals surface area contributed by atoms with E-state index in [4.69, 9.17) is 11.6 Å². The van der Waals surface area contributed by atoms with Gasteiger partial charge in [0.2, 0.25) is 5.91 Å². The molecule has 4 atom stereocenters. The van der Waals surface area contributed by atoms with Crippen LogP contribution in [-0.4, -0.2) is 29.0 Å². The fourth-order valence-electron chi connectivity index (χ4n) is 4.41. The second-order valence-corrected chi connectivity index (χ2v) is 8.21. The Bertz CT molecular complexity index is 983. The molecule has 1 aliphatic heterocycles. The highest BCUT2D eigenvalue weighted by Gasteiger charge is 2.43. The van der Waals surface area contributed by atoms with Crippen molar-refractivity contribution in [2.75, 3.05) is 5.01 Å². The fraction of sp³-hybridized carbons (Fsp3) is 0.348. The number of hydrogen-bond donors (Lipinski definition) is 4. The quantitative estimate of drug-likeness (QED) is 0.395. The van der Waals surface area contributed by atoms with Crippen LogP contribution in [0.2, 0.25) is 0 Å². The van der Waals surface area contributed by atoms with Crippen molar-refractivity contribution < 1.29 is 4.79 Å². The maximum atomic E-state index is 12.6. The highest BCUT2D eigenvalue weighted by Crippen LogP contribution is 2.35. The Hall–Kier alpha value is -3.41. The van der Waals surface area contributed by atoms with Crippen LogP contribution >= 0.6 is 0 Å². The van der Waals surface area contributed by atoms with Gasteiger partial charge >= 0.3 is 0 Å². The number of nitriles is 1. The van der Waals surface area contributed by atoms with E-state index in [0.29, 0.717) is 24.1 Å². The molecule has 1 aliphatic carbocycles. The van der Waals surface area contributed by atoms with Crippen LogP contribution in [0.5, 0.6) is 0 Å². The average Bonchev–Trinajstić information content (AvgIpc) is 3.43. The fourth-order valence-corrected chi connectivity index (χ4v) is 4.41. The predicted octanol–water partition coefficient (Wildman–Crippen LogP) is 1.41. The van der Waals surface area contributed by atoms with Crippen molar-refractivity contribution in [3.05, 3.63) is 66.1 Å². The maximum Gasteiger partial charge on any atom is 0.238 e. The number of piperidine rings is 1. The number of fused-ring (bicyclic) bond motifs is 2. The zero-order chi connectivity index (χ0) is 21.8. The smallest absolute Gasteiger partial charge is 0.238 e. The van der Waals surface area contributed by atoms with Crippen LogP contribution < -0.4 is 27.2 Å². The lowest BCUT2D eigenvalue weighted by molar-refractivity contribution is -0.124. The molecule has 2 heterocycles. The lowest BCUT2D eigenvalue weighted by Crippen LogP contribution is -2.50. The summed E-state index contributed by atoms with van der Waals surface area (Å²) >= 11 is 0. The zero-order valence-corrected chi connectivity index (χ0v) is 17.2. The monoisotopic (exact) mass is 417 g/mol. The Balaban J connectivity index is 1.35. The van der Waals surface area contributed by atoms with Gasteiger partial charge in [0.1, 0.15) is 6.04 Å². The van der Waals surface area contributed by atoms with Crippen molar-refractivity contribution in [1.82, 2.24) is 15.6 Å². The molecule has 2 bridgehead atoms. The molecule has 4 rings (SSSR count). The summed E-state index contributed by atoms with van der Waals surface area (Å²) in [6.07, 6.45) is 8.71. The molecule has 0 spiro atoms. The van der Waals surface area contributed by atoms with Gasteiger partial charge in [-0.15, -0.1) is 0 Å². The minimum Gasteiger partial charge on any atom is -0.397 e. The highest BCUT2D eigenvalue weighted by molar-refractivity contribution is 5.83. The molecule has 160 valence electrons. The van der Waals surface area contributed by atoms with Crippen LogP contribution in [0.3, 0.4) is 0 Å². The van der Waals surface area contributed by atoms with Crippen LogP contribution in [0.15, 0.2) is 55.0 Å². The molecule has 8 heteroatoms. The van der Waals surface area contributed by atoms with Gasteiger partial charge in [-0.25, -0.2) is 5.84 Å². The van der Waals surface area contributed by atoms with E-state index in [0.717, 1.165) is 36.1 Å². The van der Waals surface area contributed by atoms with E-state index in [1.165, 1.54) is 5.01 Å². The minimum atomic E-state index is -0.575. The van der Waals surface area contributed by atoms with Gasteiger partial charge in [-0.2, -0.15) is 5.26 Å². The van der Waals surface area contributed by atoms with Gasteiger partial charge in [0, 0.05) is 36.6 Å². The average molecular weight is 418 g/mol. The molecule has 31 heavy (non-hydrogen) atoms. The third-order valence-electron chi connectivity index (χ3n) is 6.06. The topological polar surface area (TPSA) is 133 Å². The van der Waals surface area contributed by atoms with Gasteiger partial charge in [0.05, 0.1) is 23.5 Å². The molecule has 1 saturated heterocycles. The summed E-state index contributed by atoms with van der Waals surface area (Å²) < 4.78 is 0. The van der Waals surface area contributed by atoms with Crippen molar-refractivity contribution in [3.8, 4) is 6.07 Å². The summed E-state index contributed by atoms with van der Waals surface area (Å²) in [7, 11) is 0. The molecular weight excluding hydrogens is 390 g/mol. The summed E-state index contributed by atoms with van der Waals surface area (Å²) in [6, 6.07) is 13.1. The largest absolute Gasteiger partial charge is 0.397 e. The third-order valence-corrected chi connectivity index (χ3v) is 6.06. The number of nitrogens with zero attached hydrogens (tertiary/aromatic N) is 3. The molecule has 2 aliphatic rings. The number of amides is 1. The van der Waals surface area contributed by atoms with Crippen molar-refractivity contribution in [3.63, 3.8) is 0 Å². The number of nitrogens with one attached hydrogen (secondary N) is 2. The third kappa shape index (κ3) is 4.85. The van der Waals surface area contributed by atoms with Gasteiger partial charge in [-0.1, -0.05) is 12.1 Å². The van der Waals surface area contributed by atoms with Gasteiger partial charge in [0.25, 0.3) is 0 Å². The number of aromatic nitrogens is 1. The van der Waals surface area contributed by atoms with E-state index >= 15 is 0 Å². The van der Waals surface area contributed by atoms with E-state index < -0.39 is 6.04 Å². The number of hydrogen-bond acceptors (Lipinski definition) is 7. The Morgan fingerprint density at radius 1 is 1.35 bits per heavy atom. The van der Waals surface area contributed by atoms with Crippen molar-refractivity contribution >= 4 is 17.3 Å². The number of nitrogens with two attached hydrogens (primary N) is 2. The molecule has 3 unspecified atom stereocenters. The van der Waals surface area contributed by atoms with Crippen LogP contribution in [0.4, 0.5) is 5.69 Å². The van der Waals surface area contributed by atoms with Crippen LogP contribution in [0.1, 0.15) is 30.4 Å². The maximum absolute atomic E-state index is 12.6. The molecule has 8 nitrogen and oxygen atoms in total. The van der Waals surface area contributed by atoms with Gasteiger partial charge < -0.3 is 16.4 Å². The number of anilines is 1. The summed E-state index contributed by atoms with van der Waals surface area (Å²) in [4.78, 5) is 16.6. The molecule has 1 amide bonds. The zero-order valence-electron chi connectivity index (χ0n) is 17.2. The lowest BCUT2D eigenvalue weighted by atomic mass is 9.98. The Morgan fingerprint density at radius 3 is 2.77 bits per heavy atom.